The van der Waals surface area contributed by atoms with Crippen molar-refractivity contribution in [2.75, 3.05) is 0 Å². The van der Waals surface area contributed by atoms with Gasteiger partial charge in [-0.15, -0.1) is 0 Å². The number of aromatic nitrogens is 2. The highest BCUT2D eigenvalue weighted by Crippen LogP contribution is 2.24. The molecule has 0 fully saturated rings. The molecule has 160 valence electrons. The van der Waals surface area contributed by atoms with Crippen molar-refractivity contribution < 1.29 is 9.59 Å². The van der Waals surface area contributed by atoms with Crippen molar-refractivity contribution >= 4 is 22.6 Å². The van der Waals surface area contributed by atoms with Crippen LogP contribution in [0.5, 0.6) is 0 Å². The highest BCUT2D eigenvalue weighted by molar-refractivity contribution is 6.05. The molecular formula is C25H22N4O3. The standard InChI is InChI=1S/C25H22N4O3/c1-2-29-25(32)20-16-10-9-15-19(20)22(28-29)24(31)27-26-23(30)21(17-11-5-3-6-12-17)18-13-7-4-8-14-18/h3-16,21H,2H2,1H3,(H,26,30)(H,27,31). The van der Waals surface area contributed by atoms with Crippen molar-refractivity contribution in [3.63, 3.8) is 0 Å². The zero-order chi connectivity index (χ0) is 22.5. The van der Waals surface area contributed by atoms with E-state index >= 15 is 0 Å². The lowest BCUT2D eigenvalue weighted by Gasteiger charge is -2.18. The zero-order valence-corrected chi connectivity index (χ0v) is 17.5. The Morgan fingerprint density at radius 1 is 0.812 bits per heavy atom. The third-order valence-corrected chi connectivity index (χ3v) is 5.21. The zero-order valence-electron chi connectivity index (χ0n) is 17.5. The van der Waals surface area contributed by atoms with Gasteiger partial charge in [0, 0.05) is 11.9 Å². The molecule has 3 aromatic carbocycles. The molecule has 4 rings (SSSR count). The average molecular weight is 426 g/mol. The van der Waals surface area contributed by atoms with Gasteiger partial charge in [-0.3, -0.25) is 25.2 Å². The van der Waals surface area contributed by atoms with E-state index in [1.807, 2.05) is 60.7 Å². The number of benzene rings is 3. The van der Waals surface area contributed by atoms with Gasteiger partial charge in [0.1, 0.15) is 0 Å². The topological polar surface area (TPSA) is 93.1 Å². The lowest BCUT2D eigenvalue weighted by molar-refractivity contribution is -0.122. The quantitative estimate of drug-likeness (QED) is 0.480. The predicted molar refractivity (Wildman–Crippen MR) is 122 cm³/mol. The molecule has 0 atom stereocenters. The van der Waals surface area contributed by atoms with Gasteiger partial charge in [-0.2, -0.15) is 5.10 Å². The number of fused-ring (bicyclic) bond motifs is 1. The van der Waals surface area contributed by atoms with E-state index in [1.165, 1.54) is 4.68 Å². The SMILES string of the molecule is CCn1nc(C(=O)NNC(=O)C(c2ccccc2)c2ccccc2)c2ccccc2c1=O. The molecule has 0 saturated carbocycles. The van der Waals surface area contributed by atoms with Crippen molar-refractivity contribution in [3.8, 4) is 0 Å². The minimum Gasteiger partial charge on any atom is -0.272 e. The largest absolute Gasteiger partial charge is 0.290 e. The average Bonchev–Trinajstić information content (AvgIpc) is 2.84. The fourth-order valence-electron chi connectivity index (χ4n) is 3.65. The van der Waals surface area contributed by atoms with E-state index in [0.29, 0.717) is 17.3 Å². The van der Waals surface area contributed by atoms with E-state index < -0.39 is 11.8 Å². The molecule has 4 aromatic rings. The molecule has 0 aliphatic carbocycles. The lowest BCUT2D eigenvalue weighted by atomic mass is 9.91. The van der Waals surface area contributed by atoms with Crippen molar-refractivity contribution in [1.29, 1.82) is 0 Å². The number of hydrazine groups is 1. The highest BCUT2D eigenvalue weighted by atomic mass is 16.2. The van der Waals surface area contributed by atoms with E-state index in [0.717, 1.165) is 11.1 Å². The van der Waals surface area contributed by atoms with Gasteiger partial charge in [0.25, 0.3) is 11.5 Å². The van der Waals surface area contributed by atoms with Gasteiger partial charge in [-0.05, 0) is 24.1 Å². The predicted octanol–water partition coefficient (Wildman–Crippen LogP) is 3.01. The summed E-state index contributed by atoms with van der Waals surface area (Å²) in [6.45, 7) is 2.09. The molecule has 0 aliphatic heterocycles. The van der Waals surface area contributed by atoms with Gasteiger partial charge in [0.15, 0.2) is 5.69 Å². The van der Waals surface area contributed by atoms with Crippen molar-refractivity contribution in [1.82, 2.24) is 20.6 Å². The van der Waals surface area contributed by atoms with Crippen molar-refractivity contribution in [3.05, 3.63) is 112 Å². The molecule has 0 radical (unpaired) electrons. The molecule has 2 N–H and O–H groups in total. The Labute approximate surface area is 184 Å². The first-order chi connectivity index (χ1) is 15.6. The molecule has 1 aromatic heterocycles. The Balaban J connectivity index is 1.62. The molecule has 0 saturated heterocycles. The van der Waals surface area contributed by atoms with Crippen LogP contribution >= 0.6 is 0 Å². The maximum atomic E-state index is 13.1. The van der Waals surface area contributed by atoms with E-state index in [1.54, 1.807) is 31.2 Å². The normalized spacial score (nSPS) is 10.8. The first kappa shape index (κ1) is 21.0. The Morgan fingerprint density at radius 2 is 1.34 bits per heavy atom. The Morgan fingerprint density at radius 3 is 1.91 bits per heavy atom. The second-order valence-electron chi connectivity index (χ2n) is 7.21. The van der Waals surface area contributed by atoms with Crippen LogP contribution < -0.4 is 16.4 Å². The fraction of sp³-hybridized carbons (Fsp3) is 0.120. The summed E-state index contributed by atoms with van der Waals surface area (Å²) in [4.78, 5) is 38.6. The van der Waals surface area contributed by atoms with Gasteiger partial charge < -0.3 is 0 Å². The van der Waals surface area contributed by atoms with Crippen LogP contribution in [0.15, 0.2) is 89.7 Å². The number of hydrogen-bond donors (Lipinski definition) is 2. The number of aryl methyl sites for hydroxylation is 1. The Hall–Kier alpha value is -4.26. The summed E-state index contributed by atoms with van der Waals surface area (Å²) in [5, 5.41) is 5.02. The molecule has 0 aliphatic rings. The summed E-state index contributed by atoms with van der Waals surface area (Å²) in [6.07, 6.45) is 0. The molecule has 0 unspecified atom stereocenters. The Kier molecular flexibility index (Phi) is 6.07. The number of hydrogen-bond acceptors (Lipinski definition) is 4. The van der Waals surface area contributed by atoms with Gasteiger partial charge in [-0.1, -0.05) is 78.9 Å². The summed E-state index contributed by atoms with van der Waals surface area (Å²) >= 11 is 0. The first-order valence-corrected chi connectivity index (χ1v) is 10.3. The van der Waals surface area contributed by atoms with Crippen LogP contribution in [0.3, 0.4) is 0 Å². The second kappa shape index (κ2) is 9.26. The number of amides is 2. The highest BCUT2D eigenvalue weighted by Gasteiger charge is 2.24. The van der Waals surface area contributed by atoms with Crippen LogP contribution in [0.1, 0.15) is 34.5 Å². The van der Waals surface area contributed by atoms with E-state index in [4.69, 9.17) is 0 Å². The lowest BCUT2D eigenvalue weighted by Crippen LogP contribution is -2.45. The second-order valence-corrected chi connectivity index (χ2v) is 7.21. The summed E-state index contributed by atoms with van der Waals surface area (Å²) in [5.41, 5.74) is 6.39. The first-order valence-electron chi connectivity index (χ1n) is 10.3. The van der Waals surface area contributed by atoms with Crippen molar-refractivity contribution in [2.24, 2.45) is 0 Å². The van der Waals surface area contributed by atoms with Crippen LogP contribution in [0.4, 0.5) is 0 Å². The van der Waals surface area contributed by atoms with E-state index in [9.17, 15) is 14.4 Å². The summed E-state index contributed by atoms with van der Waals surface area (Å²) in [7, 11) is 0. The van der Waals surface area contributed by atoms with E-state index in [2.05, 4.69) is 16.0 Å². The van der Waals surface area contributed by atoms with Gasteiger partial charge >= 0.3 is 0 Å². The molecule has 7 heteroatoms. The molecule has 1 heterocycles. The number of carbonyl (C=O) groups excluding carboxylic acids is 2. The van der Waals surface area contributed by atoms with Crippen LogP contribution in [-0.2, 0) is 11.3 Å². The van der Waals surface area contributed by atoms with Gasteiger partial charge in [0.05, 0.1) is 11.3 Å². The molecular weight excluding hydrogens is 404 g/mol. The van der Waals surface area contributed by atoms with Crippen LogP contribution in [0.2, 0.25) is 0 Å². The minimum absolute atomic E-state index is 0.0679. The summed E-state index contributed by atoms with van der Waals surface area (Å²) in [6, 6.07) is 25.5. The fourth-order valence-corrected chi connectivity index (χ4v) is 3.65. The summed E-state index contributed by atoms with van der Waals surface area (Å²) in [5.74, 6) is -1.59. The maximum Gasteiger partial charge on any atom is 0.290 e. The smallest absolute Gasteiger partial charge is 0.272 e. The monoisotopic (exact) mass is 426 g/mol. The van der Waals surface area contributed by atoms with E-state index in [-0.39, 0.29) is 17.2 Å². The minimum atomic E-state index is -0.605. The Bertz CT molecular complexity index is 1280. The van der Waals surface area contributed by atoms with Crippen LogP contribution in [0.25, 0.3) is 10.8 Å². The number of rotatable bonds is 5. The van der Waals surface area contributed by atoms with Crippen LogP contribution in [-0.4, -0.2) is 21.6 Å². The van der Waals surface area contributed by atoms with Gasteiger partial charge in [-0.25, -0.2) is 4.68 Å². The number of carbonyl (C=O) groups is 2. The molecule has 7 nitrogen and oxygen atoms in total. The number of nitrogens with one attached hydrogen (secondary N) is 2. The maximum absolute atomic E-state index is 13.1. The summed E-state index contributed by atoms with van der Waals surface area (Å²) < 4.78 is 1.23. The van der Waals surface area contributed by atoms with Crippen molar-refractivity contribution in [2.45, 2.75) is 19.4 Å². The molecule has 0 bridgehead atoms. The van der Waals surface area contributed by atoms with Gasteiger partial charge in [0.2, 0.25) is 5.91 Å². The molecule has 2 amide bonds. The van der Waals surface area contributed by atoms with Crippen LogP contribution in [0, 0.1) is 0 Å². The molecule has 0 spiro atoms. The third kappa shape index (κ3) is 4.13. The molecule has 32 heavy (non-hydrogen) atoms. The number of nitrogens with zero attached hydrogens (tertiary/aromatic N) is 2. The third-order valence-electron chi connectivity index (χ3n) is 5.21.